The fraction of sp³-hybridized carbons (Fsp3) is 0.321. The lowest BCUT2D eigenvalue weighted by atomic mass is 9.95. The number of carbonyl (C=O) groups is 1. The highest BCUT2D eigenvalue weighted by molar-refractivity contribution is 5.93. The van der Waals surface area contributed by atoms with Gasteiger partial charge in [-0.25, -0.2) is 4.98 Å². The number of aryl methyl sites for hydroxylation is 3. The molecule has 0 bridgehead atoms. The molecule has 0 radical (unpaired) electrons. The van der Waals surface area contributed by atoms with E-state index in [1.807, 2.05) is 36.7 Å². The molecular weight excluding hydrogens is 422 g/mol. The molecule has 5 rings (SSSR count). The van der Waals surface area contributed by atoms with Crippen molar-refractivity contribution in [3.63, 3.8) is 0 Å². The first-order valence-electron chi connectivity index (χ1n) is 12.1. The maximum atomic E-state index is 13.2. The monoisotopic (exact) mass is 453 g/mol. The van der Waals surface area contributed by atoms with Crippen LogP contribution in [0.4, 0.5) is 11.6 Å². The van der Waals surface area contributed by atoms with E-state index < -0.39 is 0 Å². The number of benzene rings is 2. The summed E-state index contributed by atoms with van der Waals surface area (Å²) in [5.41, 5.74) is 5.70. The van der Waals surface area contributed by atoms with Gasteiger partial charge < -0.3 is 9.47 Å². The molecule has 1 fully saturated rings. The number of piperidine rings is 1. The van der Waals surface area contributed by atoms with E-state index in [4.69, 9.17) is 4.98 Å². The number of para-hydroxylation sites is 2. The molecule has 2 aromatic heterocycles. The summed E-state index contributed by atoms with van der Waals surface area (Å²) in [6, 6.07) is 20.7. The SMILES string of the molecule is Cc1cnccc1N1CCC(C(=O)Nc2nc3ccccc3n2CCCc2ccccc2)CC1. The summed E-state index contributed by atoms with van der Waals surface area (Å²) in [5, 5.41) is 3.17. The zero-order chi connectivity index (χ0) is 23.3. The van der Waals surface area contributed by atoms with Gasteiger partial charge in [-0.15, -0.1) is 0 Å². The number of hydrogen-bond donors (Lipinski definition) is 1. The number of aromatic nitrogens is 3. The second-order valence-corrected chi connectivity index (χ2v) is 9.08. The van der Waals surface area contributed by atoms with E-state index in [-0.39, 0.29) is 11.8 Å². The van der Waals surface area contributed by atoms with Crippen molar-refractivity contribution in [3.05, 3.63) is 84.2 Å². The maximum absolute atomic E-state index is 13.2. The van der Waals surface area contributed by atoms with Gasteiger partial charge in [0.15, 0.2) is 0 Å². The van der Waals surface area contributed by atoms with Gasteiger partial charge in [0.2, 0.25) is 11.9 Å². The van der Waals surface area contributed by atoms with Crippen LogP contribution in [0.2, 0.25) is 0 Å². The van der Waals surface area contributed by atoms with Gasteiger partial charge in [-0.05, 0) is 61.9 Å². The van der Waals surface area contributed by atoms with Crippen LogP contribution in [0.5, 0.6) is 0 Å². The van der Waals surface area contributed by atoms with E-state index in [9.17, 15) is 4.79 Å². The minimum absolute atomic E-state index is 0.00373. The van der Waals surface area contributed by atoms with Crippen molar-refractivity contribution in [3.8, 4) is 0 Å². The molecule has 0 spiro atoms. The summed E-state index contributed by atoms with van der Waals surface area (Å²) < 4.78 is 2.16. The molecule has 2 aromatic carbocycles. The van der Waals surface area contributed by atoms with Gasteiger partial charge in [0.1, 0.15) is 0 Å². The summed E-state index contributed by atoms with van der Waals surface area (Å²) in [6.07, 6.45) is 7.38. The van der Waals surface area contributed by atoms with Gasteiger partial charge in [0.25, 0.3) is 0 Å². The fourth-order valence-corrected chi connectivity index (χ4v) is 4.90. The van der Waals surface area contributed by atoms with Crippen molar-refractivity contribution in [1.29, 1.82) is 0 Å². The molecule has 1 aliphatic rings. The summed E-state index contributed by atoms with van der Waals surface area (Å²) in [6.45, 7) is 4.64. The Morgan fingerprint density at radius 1 is 1.03 bits per heavy atom. The third-order valence-electron chi connectivity index (χ3n) is 6.78. The van der Waals surface area contributed by atoms with Gasteiger partial charge in [-0.1, -0.05) is 42.5 Å². The highest BCUT2D eigenvalue weighted by Crippen LogP contribution is 2.27. The van der Waals surface area contributed by atoms with Crippen molar-refractivity contribution >= 4 is 28.6 Å². The number of rotatable bonds is 7. The van der Waals surface area contributed by atoms with E-state index >= 15 is 0 Å². The molecule has 0 saturated carbocycles. The van der Waals surface area contributed by atoms with Crippen molar-refractivity contribution in [1.82, 2.24) is 14.5 Å². The summed E-state index contributed by atoms with van der Waals surface area (Å²) >= 11 is 0. The van der Waals surface area contributed by atoms with E-state index in [0.29, 0.717) is 5.95 Å². The van der Waals surface area contributed by atoms with Crippen LogP contribution in [0.1, 0.15) is 30.4 Å². The van der Waals surface area contributed by atoms with Crippen molar-refractivity contribution in [2.24, 2.45) is 5.92 Å². The number of nitrogens with zero attached hydrogens (tertiary/aromatic N) is 4. The maximum Gasteiger partial charge on any atom is 0.229 e. The van der Waals surface area contributed by atoms with Crippen LogP contribution in [-0.4, -0.2) is 33.5 Å². The van der Waals surface area contributed by atoms with Crippen LogP contribution < -0.4 is 10.2 Å². The van der Waals surface area contributed by atoms with E-state index in [2.05, 4.69) is 63.1 Å². The molecule has 3 heterocycles. The standard InChI is InChI=1S/C28H31N5O/c1-21-20-29-16-13-25(21)32-18-14-23(15-19-32)27(34)31-28-30-24-11-5-6-12-26(24)33(28)17-7-10-22-8-3-2-4-9-22/h2-6,8-9,11-13,16,20,23H,7,10,14-15,17-19H2,1H3,(H,30,31,34). The molecule has 174 valence electrons. The Morgan fingerprint density at radius 3 is 2.59 bits per heavy atom. The Kier molecular flexibility index (Phi) is 6.56. The topological polar surface area (TPSA) is 63.1 Å². The molecule has 34 heavy (non-hydrogen) atoms. The smallest absolute Gasteiger partial charge is 0.229 e. The highest BCUT2D eigenvalue weighted by Gasteiger charge is 2.27. The number of anilines is 2. The Morgan fingerprint density at radius 2 is 1.79 bits per heavy atom. The summed E-state index contributed by atoms with van der Waals surface area (Å²) in [7, 11) is 0. The largest absolute Gasteiger partial charge is 0.371 e. The summed E-state index contributed by atoms with van der Waals surface area (Å²) in [5.74, 6) is 0.730. The normalized spacial score (nSPS) is 14.4. The number of amides is 1. The van der Waals surface area contributed by atoms with Crippen LogP contribution in [0.3, 0.4) is 0 Å². The van der Waals surface area contributed by atoms with Crippen LogP contribution in [0.25, 0.3) is 11.0 Å². The van der Waals surface area contributed by atoms with Gasteiger partial charge in [-0.3, -0.25) is 15.1 Å². The second kappa shape index (κ2) is 10.1. The van der Waals surface area contributed by atoms with Gasteiger partial charge in [-0.2, -0.15) is 0 Å². The van der Waals surface area contributed by atoms with E-state index in [1.165, 1.54) is 16.8 Å². The predicted octanol–water partition coefficient (Wildman–Crippen LogP) is 5.23. The first kappa shape index (κ1) is 22.1. The molecule has 6 heteroatoms. The molecule has 0 aliphatic carbocycles. The number of hydrogen-bond acceptors (Lipinski definition) is 4. The number of fused-ring (bicyclic) bond motifs is 1. The lowest BCUT2D eigenvalue weighted by Gasteiger charge is -2.33. The van der Waals surface area contributed by atoms with Crippen LogP contribution >= 0.6 is 0 Å². The number of pyridine rings is 1. The zero-order valence-electron chi connectivity index (χ0n) is 19.7. The quantitative estimate of drug-likeness (QED) is 0.416. The van der Waals surface area contributed by atoms with E-state index in [1.54, 1.807) is 0 Å². The second-order valence-electron chi connectivity index (χ2n) is 9.08. The average Bonchev–Trinajstić information content (AvgIpc) is 3.22. The number of imidazole rings is 1. The van der Waals surface area contributed by atoms with Gasteiger partial charge in [0.05, 0.1) is 11.0 Å². The van der Waals surface area contributed by atoms with Crippen LogP contribution in [0, 0.1) is 12.8 Å². The Balaban J connectivity index is 1.25. The molecule has 1 N–H and O–H groups in total. The molecule has 1 amide bonds. The van der Waals surface area contributed by atoms with Crippen molar-refractivity contribution in [2.45, 2.75) is 39.2 Å². The van der Waals surface area contributed by atoms with Crippen molar-refractivity contribution in [2.75, 3.05) is 23.3 Å². The molecule has 4 aromatic rings. The summed E-state index contributed by atoms with van der Waals surface area (Å²) in [4.78, 5) is 24.5. The van der Waals surface area contributed by atoms with Crippen molar-refractivity contribution < 1.29 is 4.79 Å². The van der Waals surface area contributed by atoms with Gasteiger partial charge >= 0.3 is 0 Å². The molecule has 1 aliphatic heterocycles. The van der Waals surface area contributed by atoms with Crippen LogP contribution in [0.15, 0.2) is 73.1 Å². The predicted molar refractivity (Wildman–Crippen MR) is 137 cm³/mol. The Hall–Kier alpha value is -3.67. The first-order chi connectivity index (χ1) is 16.7. The lowest BCUT2D eigenvalue weighted by molar-refractivity contribution is -0.120. The Labute approximate surface area is 200 Å². The van der Waals surface area contributed by atoms with Crippen LogP contribution in [-0.2, 0) is 17.8 Å². The highest BCUT2D eigenvalue weighted by atomic mass is 16.2. The minimum Gasteiger partial charge on any atom is -0.371 e. The zero-order valence-corrected chi connectivity index (χ0v) is 19.7. The molecular formula is C28H31N5O. The minimum atomic E-state index is -0.00373. The molecule has 1 saturated heterocycles. The number of nitrogens with one attached hydrogen (secondary N) is 1. The third-order valence-corrected chi connectivity index (χ3v) is 6.78. The number of carbonyl (C=O) groups excluding carboxylic acids is 1. The lowest BCUT2D eigenvalue weighted by Crippen LogP contribution is -2.38. The molecule has 0 unspecified atom stereocenters. The van der Waals surface area contributed by atoms with Gasteiger partial charge in [0, 0.05) is 43.6 Å². The molecule has 6 nitrogen and oxygen atoms in total. The van der Waals surface area contributed by atoms with E-state index in [0.717, 1.165) is 56.4 Å². The average molecular weight is 454 g/mol. The Bertz CT molecular complexity index is 1260. The first-order valence-corrected chi connectivity index (χ1v) is 12.1. The fourth-order valence-electron chi connectivity index (χ4n) is 4.90. The molecule has 0 atom stereocenters. The third kappa shape index (κ3) is 4.81.